The van der Waals surface area contributed by atoms with Crippen LogP contribution < -0.4 is 10.2 Å². The molecule has 0 spiro atoms. The van der Waals surface area contributed by atoms with E-state index in [1.54, 1.807) is 6.07 Å². The van der Waals surface area contributed by atoms with Crippen molar-refractivity contribution in [2.24, 2.45) is 0 Å². The smallest absolute Gasteiger partial charge is 0.490 e. The van der Waals surface area contributed by atoms with Crippen molar-refractivity contribution in [2.75, 3.05) is 0 Å². The molecule has 1 saturated carbocycles. The lowest BCUT2D eigenvalue weighted by Crippen LogP contribution is -2.41. The van der Waals surface area contributed by atoms with E-state index in [1.165, 1.54) is 0 Å². The summed E-state index contributed by atoms with van der Waals surface area (Å²) >= 11 is 0. The van der Waals surface area contributed by atoms with Crippen LogP contribution in [0.15, 0.2) is 18.2 Å². The molecule has 1 aromatic carbocycles. The van der Waals surface area contributed by atoms with Crippen LogP contribution in [-0.4, -0.2) is 24.4 Å². The van der Waals surface area contributed by atoms with Gasteiger partial charge in [-0.1, -0.05) is 6.07 Å². The summed E-state index contributed by atoms with van der Waals surface area (Å²) in [5.74, 6) is 0.745. The van der Waals surface area contributed by atoms with Crippen molar-refractivity contribution in [2.45, 2.75) is 57.8 Å². The van der Waals surface area contributed by atoms with Gasteiger partial charge in [-0.25, -0.2) is 0 Å². The summed E-state index contributed by atoms with van der Waals surface area (Å²) in [6, 6.07) is 7.76. The molecule has 1 heterocycles. The first-order chi connectivity index (χ1) is 9.82. The molecule has 5 heteroatoms. The van der Waals surface area contributed by atoms with Crippen LogP contribution >= 0.6 is 0 Å². The molecule has 1 saturated heterocycles. The minimum absolute atomic E-state index is 0.319. The summed E-state index contributed by atoms with van der Waals surface area (Å²) < 4.78 is 17.8. The molecule has 110 valence electrons. The molecule has 1 aliphatic heterocycles. The van der Waals surface area contributed by atoms with Crippen LogP contribution in [0.5, 0.6) is 5.75 Å². The molecule has 2 aliphatic rings. The number of benzene rings is 1. The fraction of sp³-hybridized carbons (Fsp3) is 0.562. The number of hydrogen-bond donors (Lipinski definition) is 0. The van der Waals surface area contributed by atoms with Crippen LogP contribution in [0.3, 0.4) is 0 Å². The van der Waals surface area contributed by atoms with E-state index in [0.717, 1.165) is 24.1 Å². The van der Waals surface area contributed by atoms with Gasteiger partial charge in [-0.05, 0) is 52.7 Å². The zero-order valence-corrected chi connectivity index (χ0v) is 13.0. The van der Waals surface area contributed by atoms with E-state index < -0.39 is 18.3 Å². The van der Waals surface area contributed by atoms with E-state index in [9.17, 15) is 5.26 Å². The van der Waals surface area contributed by atoms with Crippen LogP contribution in [0.4, 0.5) is 0 Å². The van der Waals surface area contributed by atoms with Gasteiger partial charge in [-0.3, -0.25) is 0 Å². The molecule has 0 amide bonds. The zero-order valence-electron chi connectivity index (χ0n) is 13.0. The topological polar surface area (TPSA) is 51.5 Å². The van der Waals surface area contributed by atoms with Gasteiger partial charge in [0.2, 0.25) is 0 Å². The predicted octanol–water partition coefficient (Wildman–Crippen LogP) is 2.40. The Hall–Kier alpha value is -1.51. The molecule has 4 nitrogen and oxygen atoms in total. The van der Waals surface area contributed by atoms with Gasteiger partial charge >= 0.3 is 7.12 Å². The summed E-state index contributed by atoms with van der Waals surface area (Å²) in [5, 5.41) is 9.40. The second-order valence-electron chi connectivity index (χ2n) is 6.77. The Balaban J connectivity index is 1.87. The van der Waals surface area contributed by atoms with Crippen LogP contribution in [0, 0.1) is 11.3 Å². The second-order valence-corrected chi connectivity index (χ2v) is 6.77. The molecule has 1 aromatic rings. The largest absolute Gasteiger partial charge is 0.496 e. The number of ether oxygens (including phenoxy) is 1. The minimum atomic E-state index is -0.514. The van der Waals surface area contributed by atoms with Crippen molar-refractivity contribution in [3.63, 3.8) is 0 Å². The van der Waals surface area contributed by atoms with Gasteiger partial charge in [-0.2, -0.15) is 5.26 Å². The lowest BCUT2D eigenvalue weighted by molar-refractivity contribution is 0.00578. The highest BCUT2D eigenvalue weighted by atomic mass is 16.7. The summed E-state index contributed by atoms with van der Waals surface area (Å²) in [6.07, 6.45) is 2.51. The maximum atomic E-state index is 9.40. The molecule has 21 heavy (non-hydrogen) atoms. The number of hydrogen-bond acceptors (Lipinski definition) is 4. The van der Waals surface area contributed by atoms with Crippen molar-refractivity contribution in [1.29, 1.82) is 5.26 Å². The first-order valence-corrected chi connectivity index (χ1v) is 7.39. The molecule has 1 aliphatic carbocycles. The van der Waals surface area contributed by atoms with Gasteiger partial charge in [0.1, 0.15) is 5.75 Å². The average Bonchev–Trinajstić information content (AvgIpc) is 3.17. The first-order valence-electron chi connectivity index (χ1n) is 7.39. The Morgan fingerprint density at radius 3 is 2.33 bits per heavy atom. The van der Waals surface area contributed by atoms with E-state index in [2.05, 4.69) is 6.07 Å². The number of nitriles is 1. The van der Waals surface area contributed by atoms with Crippen LogP contribution in [0.2, 0.25) is 0 Å². The van der Waals surface area contributed by atoms with Crippen LogP contribution in [0.1, 0.15) is 46.1 Å². The van der Waals surface area contributed by atoms with Gasteiger partial charge < -0.3 is 14.0 Å². The summed E-state index contributed by atoms with van der Waals surface area (Å²) in [7, 11) is -0.514. The Bertz CT molecular complexity index is 586. The van der Waals surface area contributed by atoms with E-state index in [4.69, 9.17) is 14.0 Å². The number of nitrogens with zero attached hydrogens (tertiary/aromatic N) is 1. The van der Waals surface area contributed by atoms with Gasteiger partial charge in [0.15, 0.2) is 0 Å². The summed E-state index contributed by atoms with van der Waals surface area (Å²) in [4.78, 5) is 0. The third-order valence-corrected chi connectivity index (χ3v) is 4.48. The Morgan fingerprint density at radius 1 is 1.19 bits per heavy atom. The monoisotopic (exact) mass is 285 g/mol. The normalized spacial score (nSPS) is 22.9. The van der Waals surface area contributed by atoms with Crippen LogP contribution in [-0.2, 0) is 9.31 Å². The fourth-order valence-corrected chi connectivity index (χ4v) is 2.26. The highest BCUT2D eigenvalue weighted by molar-refractivity contribution is 6.62. The van der Waals surface area contributed by atoms with Crippen molar-refractivity contribution < 1.29 is 14.0 Å². The van der Waals surface area contributed by atoms with Gasteiger partial charge in [0, 0.05) is 5.46 Å². The van der Waals surface area contributed by atoms with Crippen LogP contribution in [0.25, 0.3) is 0 Å². The Morgan fingerprint density at radius 2 is 1.81 bits per heavy atom. The summed E-state index contributed by atoms with van der Waals surface area (Å²) in [6.45, 7) is 8.01. The third-order valence-electron chi connectivity index (χ3n) is 4.48. The van der Waals surface area contributed by atoms with Crippen molar-refractivity contribution >= 4 is 12.6 Å². The highest BCUT2D eigenvalue weighted by Crippen LogP contribution is 2.37. The maximum absolute atomic E-state index is 9.40. The molecule has 0 aromatic heterocycles. The van der Waals surface area contributed by atoms with E-state index in [-0.39, 0.29) is 0 Å². The van der Waals surface area contributed by atoms with E-state index in [0.29, 0.717) is 11.7 Å². The van der Waals surface area contributed by atoms with Gasteiger partial charge in [0.25, 0.3) is 0 Å². The van der Waals surface area contributed by atoms with Gasteiger partial charge in [0.05, 0.1) is 28.9 Å². The van der Waals surface area contributed by atoms with Crippen molar-refractivity contribution in [3.05, 3.63) is 23.8 Å². The molecular weight excluding hydrogens is 265 g/mol. The molecule has 0 bridgehead atoms. The second kappa shape index (κ2) is 4.76. The highest BCUT2D eigenvalue weighted by Gasteiger charge is 2.52. The SMILES string of the molecule is CC1(C)OB(c2ccc(OC3CC3)cc2C#N)OC1(C)C. The summed E-state index contributed by atoms with van der Waals surface area (Å²) in [5.41, 5.74) is 0.493. The van der Waals surface area contributed by atoms with Crippen molar-refractivity contribution in [1.82, 2.24) is 0 Å². The van der Waals surface area contributed by atoms with E-state index in [1.807, 2.05) is 39.8 Å². The fourth-order valence-electron chi connectivity index (χ4n) is 2.26. The number of rotatable bonds is 3. The molecule has 0 radical (unpaired) electrons. The molecule has 0 unspecified atom stereocenters. The standard InChI is InChI=1S/C16H20BNO3/c1-15(2)16(3,4)21-17(20-15)14-8-7-13(9-11(14)10-18)19-12-5-6-12/h7-9,12H,5-6H2,1-4H3. The molecular formula is C16H20BNO3. The zero-order chi connectivity index (χ0) is 15.3. The van der Waals surface area contributed by atoms with Gasteiger partial charge in [-0.15, -0.1) is 0 Å². The maximum Gasteiger partial charge on any atom is 0.496 e. The Labute approximate surface area is 126 Å². The average molecular weight is 285 g/mol. The van der Waals surface area contributed by atoms with Crippen molar-refractivity contribution in [3.8, 4) is 11.8 Å². The lowest BCUT2D eigenvalue weighted by Gasteiger charge is -2.32. The first kappa shape index (κ1) is 14.4. The minimum Gasteiger partial charge on any atom is -0.490 e. The molecule has 2 fully saturated rings. The quantitative estimate of drug-likeness (QED) is 0.800. The van der Waals surface area contributed by atoms with E-state index >= 15 is 0 Å². The lowest BCUT2D eigenvalue weighted by atomic mass is 9.76. The molecule has 3 rings (SSSR count). The molecule has 0 N–H and O–H groups in total. The predicted molar refractivity (Wildman–Crippen MR) is 80.5 cm³/mol. The third kappa shape index (κ3) is 2.66. The Kier molecular flexibility index (Phi) is 3.27. The molecule has 0 atom stereocenters.